The first-order chi connectivity index (χ1) is 12.1. The summed E-state index contributed by atoms with van der Waals surface area (Å²) in [5.41, 5.74) is 3.48. The quantitative estimate of drug-likeness (QED) is 0.520. The van der Waals surface area contributed by atoms with Crippen LogP contribution in [0.4, 0.5) is 0 Å². The van der Waals surface area contributed by atoms with Crippen molar-refractivity contribution in [1.29, 1.82) is 0 Å². The lowest BCUT2D eigenvalue weighted by molar-refractivity contribution is -0.136. The smallest absolute Gasteiger partial charge is 0.307 e. The fourth-order valence-corrected chi connectivity index (χ4v) is 3.28. The third-order valence-corrected chi connectivity index (χ3v) is 4.58. The molecule has 3 rings (SSSR count). The lowest BCUT2D eigenvalue weighted by Gasteiger charge is -2.06. The number of carbonyl (C=O) groups is 1. The van der Waals surface area contributed by atoms with Gasteiger partial charge in [-0.15, -0.1) is 0 Å². The fourth-order valence-electron chi connectivity index (χ4n) is 2.88. The average molecular weight is 402 g/mol. The maximum Gasteiger partial charge on any atom is 0.307 e. The Morgan fingerprint density at radius 1 is 1.24 bits per heavy atom. The second-order valence-electron chi connectivity index (χ2n) is 5.97. The molecular weight excluding hydrogens is 382 g/mol. The normalized spacial score (nSPS) is 11.0. The highest BCUT2D eigenvalue weighted by Gasteiger charge is 2.16. The van der Waals surface area contributed by atoms with Gasteiger partial charge in [-0.25, -0.2) is 0 Å². The summed E-state index contributed by atoms with van der Waals surface area (Å²) in [6.45, 7) is 2.78. The number of hydrogen-bond donors (Lipinski definition) is 2. The molecule has 0 radical (unpaired) electrons. The molecule has 0 amide bonds. The molecule has 0 atom stereocenters. The molecule has 0 spiro atoms. The first-order valence-electron chi connectivity index (χ1n) is 8.33. The first kappa shape index (κ1) is 17.5. The zero-order chi connectivity index (χ0) is 17.8. The zero-order valence-electron chi connectivity index (χ0n) is 14.0. The summed E-state index contributed by atoms with van der Waals surface area (Å²) < 4.78 is 6.73. The third-order valence-electron chi connectivity index (χ3n) is 4.09. The van der Waals surface area contributed by atoms with Gasteiger partial charge in [0.25, 0.3) is 0 Å². The van der Waals surface area contributed by atoms with Gasteiger partial charge in [-0.3, -0.25) is 4.79 Å². The first-order valence-corrected chi connectivity index (χ1v) is 9.13. The number of unbranched alkanes of at least 4 members (excludes halogenated alkanes) is 1. The van der Waals surface area contributed by atoms with E-state index in [4.69, 9.17) is 4.74 Å². The predicted octanol–water partition coefficient (Wildman–Crippen LogP) is 5.40. The van der Waals surface area contributed by atoms with Gasteiger partial charge >= 0.3 is 5.97 Å². The van der Waals surface area contributed by atoms with Crippen molar-refractivity contribution in [3.8, 4) is 17.0 Å². The summed E-state index contributed by atoms with van der Waals surface area (Å²) >= 11 is 3.48. The molecule has 0 saturated heterocycles. The number of nitrogens with one attached hydrogen (secondary N) is 1. The van der Waals surface area contributed by atoms with Gasteiger partial charge in [0.05, 0.1) is 18.7 Å². The highest BCUT2D eigenvalue weighted by molar-refractivity contribution is 9.10. The van der Waals surface area contributed by atoms with Crippen LogP contribution in [0.1, 0.15) is 25.3 Å². The number of benzene rings is 2. The number of hydrogen-bond acceptors (Lipinski definition) is 2. The second-order valence-corrected chi connectivity index (χ2v) is 6.88. The number of aromatic amines is 1. The number of aliphatic carboxylic acids is 1. The summed E-state index contributed by atoms with van der Waals surface area (Å²) in [6.07, 6.45) is 2.03. The minimum absolute atomic E-state index is 0.0414. The lowest BCUT2D eigenvalue weighted by atomic mass is 10.0. The van der Waals surface area contributed by atoms with Gasteiger partial charge in [0, 0.05) is 15.4 Å². The molecule has 0 aliphatic heterocycles. The molecular formula is C20H20BrNO3. The van der Waals surface area contributed by atoms with Crippen molar-refractivity contribution >= 4 is 32.8 Å². The maximum absolute atomic E-state index is 11.4. The third kappa shape index (κ3) is 4.04. The van der Waals surface area contributed by atoms with E-state index in [2.05, 4.69) is 27.8 Å². The number of carboxylic acids is 1. The number of rotatable bonds is 7. The van der Waals surface area contributed by atoms with E-state index in [1.807, 2.05) is 42.5 Å². The maximum atomic E-state index is 11.4. The number of carboxylic acid groups (broad SMARTS) is 1. The summed E-state index contributed by atoms with van der Waals surface area (Å²) in [4.78, 5) is 14.8. The Balaban J connectivity index is 2.08. The van der Waals surface area contributed by atoms with Gasteiger partial charge in [-0.2, -0.15) is 0 Å². The summed E-state index contributed by atoms with van der Waals surface area (Å²) in [6, 6.07) is 13.6. The summed E-state index contributed by atoms with van der Waals surface area (Å²) in [5, 5.41) is 10.3. The molecule has 4 nitrogen and oxygen atoms in total. The second kappa shape index (κ2) is 7.74. The van der Waals surface area contributed by atoms with Crippen LogP contribution in [0.2, 0.25) is 0 Å². The molecule has 5 heteroatoms. The molecule has 3 aromatic rings. The van der Waals surface area contributed by atoms with Crippen LogP contribution in [0.5, 0.6) is 5.75 Å². The van der Waals surface area contributed by atoms with E-state index in [1.165, 1.54) is 0 Å². The molecule has 0 fully saturated rings. The molecule has 130 valence electrons. The highest BCUT2D eigenvalue weighted by Crippen LogP contribution is 2.34. The Morgan fingerprint density at radius 2 is 2.08 bits per heavy atom. The fraction of sp³-hybridized carbons (Fsp3) is 0.250. The van der Waals surface area contributed by atoms with Crippen molar-refractivity contribution in [3.05, 3.63) is 52.5 Å². The standard InChI is InChI=1S/C20H20BrNO3/c1-2-3-9-25-15-7-8-18-16(11-15)17(12-19(23)24)20(22-18)13-5-4-6-14(21)10-13/h4-8,10-11,22H,2-3,9,12H2,1H3,(H,23,24). The van der Waals surface area contributed by atoms with E-state index >= 15 is 0 Å². The molecule has 0 saturated carbocycles. The van der Waals surface area contributed by atoms with Gasteiger partial charge in [0.2, 0.25) is 0 Å². The van der Waals surface area contributed by atoms with E-state index in [0.717, 1.165) is 50.8 Å². The van der Waals surface area contributed by atoms with Gasteiger partial charge in [-0.1, -0.05) is 41.4 Å². The SMILES string of the molecule is CCCCOc1ccc2[nH]c(-c3cccc(Br)c3)c(CC(=O)O)c2c1. The van der Waals surface area contributed by atoms with Crippen LogP contribution < -0.4 is 4.74 Å². The van der Waals surface area contributed by atoms with Crippen molar-refractivity contribution in [2.24, 2.45) is 0 Å². The van der Waals surface area contributed by atoms with Crippen molar-refractivity contribution in [3.63, 3.8) is 0 Å². The minimum atomic E-state index is -0.852. The lowest BCUT2D eigenvalue weighted by Crippen LogP contribution is -2.01. The molecule has 1 heterocycles. The Kier molecular flexibility index (Phi) is 5.43. The minimum Gasteiger partial charge on any atom is -0.494 e. The van der Waals surface area contributed by atoms with Crippen molar-refractivity contribution < 1.29 is 14.6 Å². The van der Waals surface area contributed by atoms with Crippen LogP contribution in [-0.4, -0.2) is 22.7 Å². The number of aromatic nitrogens is 1. The molecule has 2 N–H and O–H groups in total. The number of ether oxygens (including phenoxy) is 1. The van der Waals surface area contributed by atoms with Gasteiger partial charge in [0.15, 0.2) is 0 Å². The average Bonchev–Trinajstić information content (AvgIpc) is 2.93. The van der Waals surface area contributed by atoms with Gasteiger partial charge in [0.1, 0.15) is 5.75 Å². The van der Waals surface area contributed by atoms with Crippen molar-refractivity contribution in [1.82, 2.24) is 4.98 Å². The molecule has 1 aromatic heterocycles. The highest BCUT2D eigenvalue weighted by atomic mass is 79.9. The summed E-state index contributed by atoms with van der Waals surface area (Å²) in [5.74, 6) is -0.0816. The molecule has 0 aliphatic rings. The number of halogens is 1. The number of fused-ring (bicyclic) bond motifs is 1. The van der Waals surface area contributed by atoms with Crippen LogP contribution in [0.3, 0.4) is 0 Å². The molecule has 0 unspecified atom stereocenters. The van der Waals surface area contributed by atoms with Gasteiger partial charge in [-0.05, 0) is 47.9 Å². The van der Waals surface area contributed by atoms with E-state index in [9.17, 15) is 9.90 Å². The molecule has 25 heavy (non-hydrogen) atoms. The van der Waals surface area contributed by atoms with Crippen LogP contribution in [0, 0.1) is 0 Å². The van der Waals surface area contributed by atoms with Crippen molar-refractivity contribution in [2.75, 3.05) is 6.61 Å². The molecule has 0 bridgehead atoms. The van der Waals surface area contributed by atoms with Crippen molar-refractivity contribution in [2.45, 2.75) is 26.2 Å². The van der Waals surface area contributed by atoms with E-state index in [1.54, 1.807) is 0 Å². The van der Waals surface area contributed by atoms with Crippen LogP contribution in [0.25, 0.3) is 22.2 Å². The van der Waals surface area contributed by atoms with E-state index < -0.39 is 5.97 Å². The van der Waals surface area contributed by atoms with Crippen LogP contribution >= 0.6 is 15.9 Å². The van der Waals surface area contributed by atoms with Crippen LogP contribution in [0.15, 0.2) is 46.9 Å². The zero-order valence-corrected chi connectivity index (χ0v) is 15.6. The van der Waals surface area contributed by atoms with Crippen LogP contribution in [-0.2, 0) is 11.2 Å². The predicted molar refractivity (Wildman–Crippen MR) is 103 cm³/mol. The Labute approximate surface area is 155 Å². The monoisotopic (exact) mass is 401 g/mol. The Morgan fingerprint density at radius 3 is 2.80 bits per heavy atom. The summed E-state index contributed by atoms with van der Waals surface area (Å²) in [7, 11) is 0. The largest absolute Gasteiger partial charge is 0.494 e. The van der Waals surface area contributed by atoms with E-state index in [-0.39, 0.29) is 6.42 Å². The molecule has 0 aliphatic carbocycles. The van der Waals surface area contributed by atoms with E-state index in [0.29, 0.717) is 6.61 Å². The van der Waals surface area contributed by atoms with Gasteiger partial charge < -0.3 is 14.8 Å². The number of H-pyrrole nitrogens is 1. The Bertz CT molecular complexity index is 901. The topological polar surface area (TPSA) is 62.3 Å². The molecule has 2 aromatic carbocycles. The Hall–Kier alpha value is -2.27.